The molecule has 1 aromatic carbocycles. The minimum absolute atomic E-state index is 0.0335. The maximum absolute atomic E-state index is 12.6. The number of aromatic nitrogens is 1. The highest BCUT2D eigenvalue weighted by molar-refractivity contribution is 7.09. The van der Waals surface area contributed by atoms with Crippen LogP contribution < -0.4 is 10.2 Å². The lowest BCUT2D eigenvalue weighted by atomic mass is 10.0. The number of carbonyl (C=O) groups is 2. The van der Waals surface area contributed by atoms with E-state index in [0.29, 0.717) is 12.1 Å². The molecule has 1 aromatic heterocycles. The van der Waals surface area contributed by atoms with E-state index >= 15 is 0 Å². The highest BCUT2D eigenvalue weighted by atomic mass is 32.1. The largest absolute Gasteiger partial charge is 0.341 e. The monoisotopic (exact) mass is 343 g/mol. The summed E-state index contributed by atoms with van der Waals surface area (Å²) in [5, 5.41) is 5.92. The normalized spacial score (nSPS) is 13.8. The van der Waals surface area contributed by atoms with E-state index in [2.05, 4.69) is 10.3 Å². The Morgan fingerprint density at radius 1 is 1.33 bits per heavy atom. The molecule has 2 amide bonds. The Kier molecular flexibility index (Phi) is 4.17. The first-order valence-electron chi connectivity index (χ1n) is 7.94. The van der Waals surface area contributed by atoms with Crippen LogP contribution in [0.3, 0.4) is 0 Å². The SMILES string of the molecule is CC(=O)N1CCc2cc(C(=O)NC(C)(C)c3nc(C)cs3)ccc21. The second-order valence-electron chi connectivity index (χ2n) is 6.64. The maximum atomic E-state index is 12.6. The van der Waals surface area contributed by atoms with E-state index in [0.717, 1.165) is 28.4 Å². The standard InChI is InChI=1S/C18H21N3O2S/c1-11-10-24-17(19-11)18(3,4)20-16(23)14-5-6-15-13(9-14)7-8-21(15)12(2)22/h5-6,9-10H,7-8H2,1-4H3,(H,20,23). The second-order valence-corrected chi connectivity index (χ2v) is 7.50. The van der Waals surface area contributed by atoms with Crippen LogP contribution in [-0.4, -0.2) is 23.3 Å². The summed E-state index contributed by atoms with van der Waals surface area (Å²) < 4.78 is 0. The van der Waals surface area contributed by atoms with Crippen molar-refractivity contribution in [3.63, 3.8) is 0 Å². The second kappa shape index (κ2) is 6.02. The average Bonchev–Trinajstić information content (AvgIpc) is 3.12. The average molecular weight is 343 g/mol. The molecule has 0 atom stereocenters. The summed E-state index contributed by atoms with van der Waals surface area (Å²) in [6.45, 7) is 8.09. The van der Waals surface area contributed by atoms with Crippen LogP contribution in [-0.2, 0) is 16.8 Å². The Morgan fingerprint density at radius 2 is 2.08 bits per heavy atom. The lowest BCUT2D eigenvalue weighted by molar-refractivity contribution is -0.116. The number of fused-ring (bicyclic) bond motifs is 1. The third-order valence-electron chi connectivity index (χ3n) is 4.20. The van der Waals surface area contributed by atoms with Gasteiger partial charge in [-0.05, 0) is 51.0 Å². The molecule has 0 aliphatic carbocycles. The highest BCUT2D eigenvalue weighted by Crippen LogP contribution is 2.29. The lowest BCUT2D eigenvalue weighted by Crippen LogP contribution is -2.41. The van der Waals surface area contributed by atoms with Gasteiger partial charge >= 0.3 is 0 Å². The first kappa shape index (κ1) is 16.6. The molecule has 0 fully saturated rings. The van der Waals surface area contributed by atoms with Gasteiger partial charge in [0.15, 0.2) is 0 Å². The number of rotatable bonds is 3. The Balaban J connectivity index is 1.80. The van der Waals surface area contributed by atoms with E-state index in [9.17, 15) is 9.59 Å². The molecule has 1 aliphatic rings. The number of nitrogens with zero attached hydrogens (tertiary/aromatic N) is 2. The molecule has 5 nitrogen and oxygen atoms in total. The number of nitrogens with one attached hydrogen (secondary N) is 1. The van der Waals surface area contributed by atoms with Crippen LogP contribution >= 0.6 is 11.3 Å². The topological polar surface area (TPSA) is 62.3 Å². The van der Waals surface area contributed by atoms with Gasteiger partial charge in [-0.15, -0.1) is 11.3 Å². The molecule has 0 saturated heterocycles. The van der Waals surface area contributed by atoms with Crippen molar-refractivity contribution in [2.45, 2.75) is 39.7 Å². The number of aryl methyl sites for hydroxylation is 1. The zero-order valence-electron chi connectivity index (χ0n) is 14.3. The molecule has 126 valence electrons. The van der Waals surface area contributed by atoms with E-state index in [1.165, 1.54) is 0 Å². The summed E-state index contributed by atoms with van der Waals surface area (Å²) in [5.74, 6) is -0.0943. The van der Waals surface area contributed by atoms with Crippen LogP contribution in [0.25, 0.3) is 0 Å². The maximum Gasteiger partial charge on any atom is 0.252 e. The Bertz CT molecular complexity index is 810. The summed E-state index contributed by atoms with van der Waals surface area (Å²) in [4.78, 5) is 30.5. The van der Waals surface area contributed by atoms with E-state index < -0.39 is 5.54 Å². The van der Waals surface area contributed by atoms with Gasteiger partial charge in [-0.25, -0.2) is 4.98 Å². The number of benzene rings is 1. The van der Waals surface area contributed by atoms with Gasteiger partial charge in [0.25, 0.3) is 5.91 Å². The summed E-state index contributed by atoms with van der Waals surface area (Å²) in [5.41, 5.74) is 3.00. The van der Waals surface area contributed by atoms with E-state index in [1.54, 1.807) is 29.2 Å². The molecule has 3 rings (SSSR count). The van der Waals surface area contributed by atoms with Crippen LogP contribution in [0, 0.1) is 6.92 Å². The van der Waals surface area contributed by atoms with Crippen LogP contribution in [0.15, 0.2) is 23.6 Å². The van der Waals surface area contributed by atoms with Gasteiger partial charge in [0.2, 0.25) is 5.91 Å². The fourth-order valence-electron chi connectivity index (χ4n) is 2.92. The van der Waals surface area contributed by atoms with Crippen molar-refractivity contribution in [2.75, 3.05) is 11.4 Å². The van der Waals surface area contributed by atoms with Crippen LogP contribution in [0.1, 0.15) is 47.4 Å². The molecule has 0 unspecified atom stereocenters. The minimum atomic E-state index is -0.527. The first-order chi connectivity index (χ1) is 11.3. The zero-order chi connectivity index (χ0) is 17.5. The van der Waals surface area contributed by atoms with Crippen molar-refractivity contribution in [2.24, 2.45) is 0 Å². The van der Waals surface area contributed by atoms with Crippen LogP contribution in [0.2, 0.25) is 0 Å². The molecule has 1 aliphatic heterocycles. The van der Waals surface area contributed by atoms with Crippen molar-refractivity contribution in [1.29, 1.82) is 0 Å². The Hall–Kier alpha value is -2.21. The number of amides is 2. The molecule has 0 bridgehead atoms. The van der Waals surface area contributed by atoms with E-state index in [1.807, 2.05) is 38.3 Å². The van der Waals surface area contributed by atoms with Crippen molar-refractivity contribution in [3.05, 3.63) is 45.4 Å². The van der Waals surface area contributed by atoms with Gasteiger partial charge in [-0.1, -0.05) is 0 Å². The van der Waals surface area contributed by atoms with E-state index in [-0.39, 0.29) is 11.8 Å². The van der Waals surface area contributed by atoms with Crippen molar-refractivity contribution in [3.8, 4) is 0 Å². The van der Waals surface area contributed by atoms with Crippen molar-refractivity contribution < 1.29 is 9.59 Å². The van der Waals surface area contributed by atoms with Crippen LogP contribution in [0.4, 0.5) is 5.69 Å². The van der Waals surface area contributed by atoms with Gasteiger partial charge in [-0.3, -0.25) is 9.59 Å². The lowest BCUT2D eigenvalue weighted by Gasteiger charge is -2.24. The fourth-order valence-corrected chi connectivity index (χ4v) is 3.80. The molecule has 0 spiro atoms. The summed E-state index contributed by atoms with van der Waals surface area (Å²) in [6.07, 6.45) is 0.783. The third-order valence-corrected chi connectivity index (χ3v) is 5.48. The molecular weight excluding hydrogens is 322 g/mol. The van der Waals surface area contributed by atoms with E-state index in [4.69, 9.17) is 0 Å². The summed E-state index contributed by atoms with van der Waals surface area (Å²) in [7, 11) is 0. The number of hydrogen-bond donors (Lipinski definition) is 1. The summed E-state index contributed by atoms with van der Waals surface area (Å²) in [6, 6.07) is 5.52. The Morgan fingerprint density at radius 3 is 2.71 bits per heavy atom. The fraction of sp³-hybridized carbons (Fsp3) is 0.389. The molecule has 24 heavy (non-hydrogen) atoms. The smallest absolute Gasteiger partial charge is 0.252 e. The summed E-state index contributed by atoms with van der Waals surface area (Å²) >= 11 is 1.55. The molecule has 1 N–H and O–H groups in total. The zero-order valence-corrected chi connectivity index (χ0v) is 15.2. The molecule has 6 heteroatoms. The highest BCUT2D eigenvalue weighted by Gasteiger charge is 2.28. The van der Waals surface area contributed by atoms with Gasteiger partial charge in [0.05, 0.1) is 5.54 Å². The number of hydrogen-bond acceptors (Lipinski definition) is 4. The molecule has 0 saturated carbocycles. The molecule has 0 radical (unpaired) electrons. The Labute approximate surface area is 145 Å². The predicted octanol–water partition coefficient (Wildman–Crippen LogP) is 3.03. The molecule has 2 aromatic rings. The van der Waals surface area contributed by atoms with Gasteiger partial charge in [0.1, 0.15) is 5.01 Å². The minimum Gasteiger partial charge on any atom is -0.341 e. The predicted molar refractivity (Wildman–Crippen MR) is 95.5 cm³/mol. The molecular formula is C18H21N3O2S. The van der Waals surface area contributed by atoms with Gasteiger partial charge in [-0.2, -0.15) is 0 Å². The van der Waals surface area contributed by atoms with Crippen molar-refractivity contribution >= 4 is 28.8 Å². The van der Waals surface area contributed by atoms with Crippen molar-refractivity contribution in [1.82, 2.24) is 10.3 Å². The van der Waals surface area contributed by atoms with Crippen LogP contribution in [0.5, 0.6) is 0 Å². The third kappa shape index (κ3) is 3.06. The van der Waals surface area contributed by atoms with Gasteiger partial charge < -0.3 is 10.2 Å². The number of anilines is 1. The first-order valence-corrected chi connectivity index (χ1v) is 8.82. The van der Waals surface area contributed by atoms with Gasteiger partial charge in [0, 0.05) is 35.8 Å². The molecule has 2 heterocycles. The quantitative estimate of drug-likeness (QED) is 0.932. The number of thiazole rings is 1. The number of carbonyl (C=O) groups excluding carboxylic acids is 2.